The van der Waals surface area contributed by atoms with Gasteiger partial charge in [0.25, 0.3) is 5.91 Å². The van der Waals surface area contributed by atoms with Gasteiger partial charge >= 0.3 is 0 Å². The first-order valence-corrected chi connectivity index (χ1v) is 6.14. The molecule has 2 rings (SSSR count). The SMILES string of the molecule is CCNC(=O)[C@@H](C)NC(=O)c1cccc2cn[nH]c12. The number of H-pyrrole nitrogens is 1. The Morgan fingerprint density at radius 1 is 1.42 bits per heavy atom. The second kappa shape index (κ2) is 5.51. The minimum atomic E-state index is -0.578. The molecule has 1 heterocycles. The number of benzene rings is 1. The first-order chi connectivity index (χ1) is 9.13. The van der Waals surface area contributed by atoms with Crippen LogP contribution in [0.1, 0.15) is 24.2 Å². The summed E-state index contributed by atoms with van der Waals surface area (Å²) in [5, 5.41) is 12.9. The highest BCUT2D eigenvalue weighted by molar-refractivity contribution is 6.06. The smallest absolute Gasteiger partial charge is 0.254 e. The zero-order valence-corrected chi connectivity index (χ0v) is 10.9. The second-order valence-electron chi connectivity index (χ2n) is 4.23. The maximum Gasteiger partial charge on any atom is 0.254 e. The third-order valence-electron chi connectivity index (χ3n) is 2.81. The van der Waals surface area contributed by atoms with Gasteiger partial charge in [-0.1, -0.05) is 12.1 Å². The Morgan fingerprint density at radius 2 is 2.21 bits per heavy atom. The Morgan fingerprint density at radius 3 is 2.95 bits per heavy atom. The zero-order valence-electron chi connectivity index (χ0n) is 10.9. The second-order valence-corrected chi connectivity index (χ2v) is 4.23. The van der Waals surface area contributed by atoms with Crippen LogP contribution in [0.5, 0.6) is 0 Å². The highest BCUT2D eigenvalue weighted by Gasteiger charge is 2.17. The monoisotopic (exact) mass is 260 g/mol. The molecule has 0 aliphatic heterocycles. The van der Waals surface area contributed by atoms with Crippen molar-refractivity contribution in [1.82, 2.24) is 20.8 Å². The van der Waals surface area contributed by atoms with Gasteiger partial charge in [-0.2, -0.15) is 5.10 Å². The van der Waals surface area contributed by atoms with Crippen LogP contribution in [0, 0.1) is 0 Å². The first kappa shape index (κ1) is 13.1. The van der Waals surface area contributed by atoms with Gasteiger partial charge in [0.2, 0.25) is 5.91 Å². The fourth-order valence-electron chi connectivity index (χ4n) is 1.83. The molecule has 1 atom stereocenters. The van der Waals surface area contributed by atoms with Crippen molar-refractivity contribution in [1.29, 1.82) is 0 Å². The Bertz CT molecular complexity index is 605. The van der Waals surface area contributed by atoms with Crippen LogP contribution in [0.4, 0.5) is 0 Å². The van der Waals surface area contributed by atoms with E-state index in [4.69, 9.17) is 0 Å². The highest BCUT2D eigenvalue weighted by atomic mass is 16.2. The summed E-state index contributed by atoms with van der Waals surface area (Å²) >= 11 is 0. The quantitative estimate of drug-likeness (QED) is 0.760. The van der Waals surface area contributed by atoms with E-state index in [2.05, 4.69) is 20.8 Å². The fourth-order valence-corrected chi connectivity index (χ4v) is 1.83. The number of nitrogens with one attached hydrogen (secondary N) is 3. The van der Waals surface area contributed by atoms with Crippen molar-refractivity contribution in [3.63, 3.8) is 0 Å². The van der Waals surface area contributed by atoms with Gasteiger partial charge in [0.05, 0.1) is 17.3 Å². The molecular weight excluding hydrogens is 244 g/mol. The van der Waals surface area contributed by atoms with Crippen LogP contribution in [0.15, 0.2) is 24.4 Å². The van der Waals surface area contributed by atoms with Crippen molar-refractivity contribution in [2.75, 3.05) is 6.54 Å². The Labute approximate surface area is 110 Å². The summed E-state index contributed by atoms with van der Waals surface area (Å²) in [4.78, 5) is 23.7. The van der Waals surface area contributed by atoms with Crippen LogP contribution in [-0.4, -0.2) is 34.6 Å². The fraction of sp³-hybridized carbons (Fsp3) is 0.308. The molecule has 0 bridgehead atoms. The molecule has 0 unspecified atom stereocenters. The molecule has 6 nitrogen and oxygen atoms in total. The molecule has 19 heavy (non-hydrogen) atoms. The van der Waals surface area contributed by atoms with Crippen molar-refractivity contribution in [2.24, 2.45) is 0 Å². The van der Waals surface area contributed by atoms with Crippen molar-refractivity contribution >= 4 is 22.7 Å². The Hall–Kier alpha value is -2.37. The van der Waals surface area contributed by atoms with E-state index in [1.807, 2.05) is 13.0 Å². The minimum Gasteiger partial charge on any atom is -0.355 e. The van der Waals surface area contributed by atoms with Crippen LogP contribution in [0.2, 0.25) is 0 Å². The normalized spacial score (nSPS) is 12.1. The predicted octanol–water partition coefficient (Wildman–Crippen LogP) is 0.817. The third-order valence-corrected chi connectivity index (χ3v) is 2.81. The molecule has 0 fully saturated rings. The summed E-state index contributed by atoms with van der Waals surface area (Å²) in [6.07, 6.45) is 1.65. The van der Waals surface area contributed by atoms with Gasteiger partial charge < -0.3 is 10.6 Å². The summed E-state index contributed by atoms with van der Waals surface area (Å²) < 4.78 is 0. The van der Waals surface area contributed by atoms with Crippen molar-refractivity contribution < 1.29 is 9.59 Å². The molecule has 0 radical (unpaired) electrons. The van der Waals surface area contributed by atoms with Crippen LogP contribution >= 0.6 is 0 Å². The number of carbonyl (C=O) groups is 2. The summed E-state index contributed by atoms with van der Waals surface area (Å²) in [7, 11) is 0. The van der Waals surface area contributed by atoms with Gasteiger partial charge in [0, 0.05) is 11.9 Å². The number of carbonyl (C=O) groups excluding carboxylic acids is 2. The van der Waals surface area contributed by atoms with Gasteiger partial charge in [-0.3, -0.25) is 14.7 Å². The molecule has 1 aromatic carbocycles. The standard InChI is InChI=1S/C13H16N4O2/c1-3-14-12(18)8(2)16-13(19)10-6-4-5-9-7-15-17-11(9)10/h4-8H,3H2,1-2H3,(H,14,18)(H,15,17)(H,16,19)/t8-/m1/s1. The molecule has 0 spiro atoms. The van der Waals surface area contributed by atoms with E-state index in [1.54, 1.807) is 25.3 Å². The Balaban J connectivity index is 2.16. The lowest BCUT2D eigenvalue weighted by molar-refractivity contribution is -0.122. The van der Waals surface area contributed by atoms with Crippen molar-refractivity contribution in [3.8, 4) is 0 Å². The number of likely N-dealkylation sites (N-methyl/N-ethyl adjacent to an activating group) is 1. The summed E-state index contributed by atoms with van der Waals surface area (Å²) in [5.74, 6) is -0.499. The molecule has 2 aromatic rings. The molecule has 100 valence electrons. The van der Waals surface area contributed by atoms with E-state index < -0.39 is 6.04 Å². The lowest BCUT2D eigenvalue weighted by atomic mass is 10.1. The largest absolute Gasteiger partial charge is 0.355 e. The van der Waals surface area contributed by atoms with Crippen LogP contribution < -0.4 is 10.6 Å². The number of para-hydroxylation sites is 1. The number of amides is 2. The van der Waals surface area contributed by atoms with Crippen molar-refractivity contribution in [2.45, 2.75) is 19.9 Å². The van der Waals surface area contributed by atoms with Gasteiger partial charge in [-0.15, -0.1) is 0 Å². The minimum absolute atomic E-state index is 0.201. The third kappa shape index (κ3) is 2.73. The molecule has 3 N–H and O–H groups in total. The number of hydrogen-bond donors (Lipinski definition) is 3. The number of fused-ring (bicyclic) bond motifs is 1. The summed E-state index contributed by atoms with van der Waals surface area (Å²) in [5.41, 5.74) is 1.15. The first-order valence-electron chi connectivity index (χ1n) is 6.14. The average Bonchev–Trinajstić information content (AvgIpc) is 2.86. The predicted molar refractivity (Wildman–Crippen MR) is 71.7 cm³/mol. The van der Waals surface area contributed by atoms with Gasteiger partial charge in [0.1, 0.15) is 6.04 Å². The number of aromatic nitrogens is 2. The zero-order chi connectivity index (χ0) is 13.8. The number of nitrogens with zero attached hydrogens (tertiary/aromatic N) is 1. The number of hydrogen-bond acceptors (Lipinski definition) is 3. The van der Waals surface area contributed by atoms with Crippen LogP contribution in [0.3, 0.4) is 0 Å². The summed E-state index contributed by atoms with van der Waals surface area (Å²) in [6, 6.07) is 4.76. The van der Waals surface area contributed by atoms with Crippen LogP contribution in [-0.2, 0) is 4.79 Å². The number of aromatic amines is 1. The molecule has 1 aromatic heterocycles. The average molecular weight is 260 g/mol. The van der Waals surface area contributed by atoms with E-state index in [0.717, 1.165) is 5.39 Å². The van der Waals surface area contributed by atoms with E-state index in [9.17, 15) is 9.59 Å². The lowest BCUT2D eigenvalue weighted by Crippen LogP contribution is -2.44. The molecule has 0 aliphatic carbocycles. The maximum absolute atomic E-state index is 12.1. The summed E-state index contributed by atoms with van der Waals surface area (Å²) in [6.45, 7) is 4.02. The topological polar surface area (TPSA) is 86.9 Å². The highest BCUT2D eigenvalue weighted by Crippen LogP contribution is 2.15. The van der Waals surface area contributed by atoms with E-state index in [1.165, 1.54) is 0 Å². The van der Waals surface area contributed by atoms with Crippen LogP contribution in [0.25, 0.3) is 10.9 Å². The van der Waals surface area contributed by atoms with E-state index in [0.29, 0.717) is 17.6 Å². The molecule has 0 aliphatic rings. The van der Waals surface area contributed by atoms with Gasteiger partial charge in [-0.25, -0.2) is 0 Å². The number of rotatable bonds is 4. The maximum atomic E-state index is 12.1. The van der Waals surface area contributed by atoms with Crippen molar-refractivity contribution in [3.05, 3.63) is 30.0 Å². The molecule has 0 saturated carbocycles. The lowest BCUT2D eigenvalue weighted by Gasteiger charge is -2.13. The Kier molecular flexibility index (Phi) is 3.79. The van der Waals surface area contributed by atoms with Gasteiger partial charge in [-0.05, 0) is 19.9 Å². The molecule has 2 amide bonds. The van der Waals surface area contributed by atoms with E-state index in [-0.39, 0.29) is 11.8 Å². The van der Waals surface area contributed by atoms with E-state index >= 15 is 0 Å². The molecule has 6 heteroatoms. The molecular formula is C13H16N4O2. The molecule has 0 saturated heterocycles. The van der Waals surface area contributed by atoms with Gasteiger partial charge in [0.15, 0.2) is 0 Å².